The Morgan fingerprint density at radius 1 is 0.852 bits per heavy atom. The first-order chi connectivity index (χ1) is 13.0. The molecular weight excluding hydrogens is 358 g/mol. The Labute approximate surface area is 159 Å². The van der Waals surface area contributed by atoms with Gasteiger partial charge in [0.15, 0.2) is 9.84 Å². The van der Waals surface area contributed by atoms with Gasteiger partial charge in [-0.2, -0.15) is 0 Å². The zero-order valence-electron chi connectivity index (χ0n) is 15.0. The van der Waals surface area contributed by atoms with Crippen molar-refractivity contribution in [3.8, 4) is 0 Å². The van der Waals surface area contributed by atoms with E-state index in [9.17, 15) is 13.2 Å². The highest BCUT2D eigenvalue weighted by molar-refractivity contribution is 7.91. The van der Waals surface area contributed by atoms with E-state index in [-0.39, 0.29) is 17.3 Å². The Balaban J connectivity index is 1.87. The predicted octanol–water partition coefficient (Wildman–Crippen LogP) is 3.94. The second-order valence-electron chi connectivity index (χ2n) is 6.33. The number of rotatable bonds is 6. The van der Waals surface area contributed by atoms with Crippen molar-refractivity contribution in [3.63, 3.8) is 0 Å². The van der Waals surface area contributed by atoms with E-state index in [4.69, 9.17) is 0 Å². The van der Waals surface area contributed by atoms with Crippen LogP contribution in [-0.2, 0) is 9.84 Å². The van der Waals surface area contributed by atoms with Gasteiger partial charge in [-0.1, -0.05) is 66.2 Å². The van der Waals surface area contributed by atoms with Gasteiger partial charge in [-0.05, 0) is 36.8 Å². The summed E-state index contributed by atoms with van der Waals surface area (Å²) in [6, 6.07) is 24.4. The fourth-order valence-corrected chi connectivity index (χ4v) is 4.52. The lowest BCUT2D eigenvalue weighted by atomic mass is 10.1. The second kappa shape index (κ2) is 8.18. The number of carbonyl (C=O) groups excluding carboxylic acids is 1. The highest BCUT2D eigenvalue weighted by Gasteiger charge is 2.29. The average molecular weight is 379 g/mol. The first-order valence-corrected chi connectivity index (χ1v) is 10.2. The molecule has 0 aromatic heterocycles. The molecule has 1 amide bonds. The summed E-state index contributed by atoms with van der Waals surface area (Å²) in [7, 11) is -3.65. The van der Waals surface area contributed by atoms with E-state index >= 15 is 0 Å². The normalized spacial score (nSPS) is 12.3. The molecule has 0 radical (unpaired) electrons. The highest BCUT2D eigenvalue weighted by atomic mass is 32.2. The van der Waals surface area contributed by atoms with Crippen LogP contribution in [0.25, 0.3) is 0 Å². The third-order valence-corrected chi connectivity index (χ3v) is 6.50. The minimum absolute atomic E-state index is 0.00600. The smallest absolute Gasteiger partial charge is 0.251 e. The predicted molar refractivity (Wildman–Crippen MR) is 106 cm³/mol. The average Bonchev–Trinajstić information content (AvgIpc) is 2.70. The number of benzene rings is 3. The standard InChI is InChI=1S/C22H21NO3S/c1-17-12-14-19(15-13-17)22(24)23-16-21(18-8-4-2-5-9-18)27(25,26)20-10-6-3-7-11-20/h2-15,21H,16H2,1H3,(H,23,24)/t21-/m0/s1. The van der Waals surface area contributed by atoms with Crippen LogP contribution in [0.1, 0.15) is 26.7 Å². The maximum Gasteiger partial charge on any atom is 0.251 e. The second-order valence-corrected chi connectivity index (χ2v) is 8.46. The monoisotopic (exact) mass is 379 g/mol. The third kappa shape index (κ3) is 4.44. The van der Waals surface area contributed by atoms with Crippen molar-refractivity contribution in [2.75, 3.05) is 6.54 Å². The quantitative estimate of drug-likeness (QED) is 0.706. The summed E-state index contributed by atoms with van der Waals surface area (Å²) in [5.74, 6) is -0.292. The van der Waals surface area contributed by atoms with Gasteiger partial charge in [0.1, 0.15) is 5.25 Å². The molecule has 0 aliphatic carbocycles. The van der Waals surface area contributed by atoms with Gasteiger partial charge in [-0.15, -0.1) is 0 Å². The van der Waals surface area contributed by atoms with Crippen LogP contribution < -0.4 is 5.32 Å². The molecule has 138 valence electrons. The molecule has 0 spiro atoms. The zero-order chi connectivity index (χ0) is 19.3. The van der Waals surface area contributed by atoms with E-state index < -0.39 is 15.1 Å². The Kier molecular flexibility index (Phi) is 5.72. The molecule has 0 saturated carbocycles. The molecule has 1 N–H and O–H groups in total. The lowest BCUT2D eigenvalue weighted by Crippen LogP contribution is -2.32. The lowest BCUT2D eigenvalue weighted by Gasteiger charge is -2.19. The fraction of sp³-hybridized carbons (Fsp3) is 0.136. The summed E-state index contributed by atoms with van der Waals surface area (Å²) in [5, 5.41) is 1.91. The van der Waals surface area contributed by atoms with E-state index in [1.165, 1.54) is 0 Å². The van der Waals surface area contributed by atoms with Crippen molar-refractivity contribution in [2.45, 2.75) is 17.1 Å². The van der Waals surface area contributed by atoms with Crippen LogP contribution in [0, 0.1) is 6.92 Å². The maximum atomic E-state index is 13.2. The lowest BCUT2D eigenvalue weighted by molar-refractivity contribution is 0.0953. The Hall–Kier alpha value is -2.92. The molecule has 0 aliphatic heterocycles. The van der Waals surface area contributed by atoms with Gasteiger partial charge in [0.2, 0.25) is 0 Å². The molecule has 0 unspecified atom stereocenters. The minimum atomic E-state index is -3.65. The Bertz CT molecular complexity index is 998. The van der Waals surface area contributed by atoms with Gasteiger partial charge in [0.25, 0.3) is 5.91 Å². The van der Waals surface area contributed by atoms with Crippen molar-refractivity contribution >= 4 is 15.7 Å². The van der Waals surface area contributed by atoms with Crippen LogP contribution in [0.2, 0.25) is 0 Å². The van der Waals surface area contributed by atoms with Crippen molar-refractivity contribution in [1.82, 2.24) is 5.32 Å². The van der Waals surface area contributed by atoms with Crippen LogP contribution in [0.4, 0.5) is 0 Å². The molecule has 0 saturated heterocycles. The van der Waals surface area contributed by atoms with Crippen molar-refractivity contribution < 1.29 is 13.2 Å². The zero-order valence-corrected chi connectivity index (χ0v) is 15.8. The van der Waals surface area contributed by atoms with E-state index in [1.807, 2.05) is 25.1 Å². The van der Waals surface area contributed by atoms with E-state index in [1.54, 1.807) is 66.7 Å². The number of carbonyl (C=O) groups is 1. The number of sulfone groups is 1. The third-order valence-electron chi connectivity index (χ3n) is 4.38. The summed E-state index contributed by atoms with van der Waals surface area (Å²) >= 11 is 0. The molecule has 0 aliphatic rings. The number of amides is 1. The van der Waals surface area contributed by atoms with Crippen LogP contribution in [-0.4, -0.2) is 20.9 Å². The summed E-state index contributed by atoms with van der Waals surface area (Å²) < 4.78 is 26.4. The molecule has 3 aromatic rings. The molecule has 5 heteroatoms. The topological polar surface area (TPSA) is 63.2 Å². The Morgan fingerprint density at radius 2 is 1.41 bits per heavy atom. The van der Waals surface area contributed by atoms with Crippen molar-refractivity contribution in [2.24, 2.45) is 0 Å². The maximum absolute atomic E-state index is 13.2. The highest BCUT2D eigenvalue weighted by Crippen LogP contribution is 2.28. The fourth-order valence-electron chi connectivity index (χ4n) is 2.84. The molecule has 4 nitrogen and oxygen atoms in total. The van der Waals surface area contributed by atoms with E-state index in [0.29, 0.717) is 11.1 Å². The van der Waals surface area contributed by atoms with Gasteiger partial charge in [-0.3, -0.25) is 4.79 Å². The molecule has 0 heterocycles. The summed E-state index contributed by atoms with van der Waals surface area (Å²) in [6.45, 7) is 1.94. The molecule has 27 heavy (non-hydrogen) atoms. The van der Waals surface area contributed by atoms with Crippen molar-refractivity contribution in [1.29, 1.82) is 0 Å². The van der Waals surface area contributed by atoms with E-state index in [2.05, 4.69) is 5.32 Å². The molecule has 1 atom stereocenters. The number of hydrogen-bond donors (Lipinski definition) is 1. The molecular formula is C22H21NO3S. The summed E-state index contributed by atoms with van der Waals surface area (Å²) in [6.07, 6.45) is 0. The number of nitrogens with one attached hydrogen (secondary N) is 1. The number of aryl methyl sites for hydroxylation is 1. The molecule has 0 bridgehead atoms. The minimum Gasteiger partial charge on any atom is -0.350 e. The van der Waals surface area contributed by atoms with E-state index in [0.717, 1.165) is 5.56 Å². The van der Waals surface area contributed by atoms with Crippen LogP contribution in [0.15, 0.2) is 89.8 Å². The largest absolute Gasteiger partial charge is 0.350 e. The number of hydrogen-bond acceptors (Lipinski definition) is 3. The van der Waals surface area contributed by atoms with Gasteiger partial charge in [0, 0.05) is 12.1 Å². The van der Waals surface area contributed by atoms with Gasteiger partial charge < -0.3 is 5.32 Å². The summed E-state index contributed by atoms with van der Waals surface area (Å²) in [4.78, 5) is 12.7. The first-order valence-electron chi connectivity index (χ1n) is 8.67. The van der Waals surface area contributed by atoms with Gasteiger partial charge >= 0.3 is 0 Å². The van der Waals surface area contributed by atoms with Crippen LogP contribution in [0.3, 0.4) is 0 Å². The Morgan fingerprint density at radius 3 is 2.00 bits per heavy atom. The van der Waals surface area contributed by atoms with Crippen LogP contribution >= 0.6 is 0 Å². The SMILES string of the molecule is Cc1ccc(C(=O)NC[C@@H](c2ccccc2)S(=O)(=O)c2ccccc2)cc1. The first kappa shape index (κ1) is 18.9. The van der Waals surface area contributed by atoms with Crippen molar-refractivity contribution in [3.05, 3.63) is 102 Å². The van der Waals surface area contributed by atoms with Gasteiger partial charge in [-0.25, -0.2) is 8.42 Å². The molecule has 3 rings (SSSR count). The van der Waals surface area contributed by atoms with Gasteiger partial charge in [0.05, 0.1) is 4.90 Å². The summed E-state index contributed by atoms with van der Waals surface area (Å²) in [5.41, 5.74) is 2.20. The molecule has 0 fully saturated rings. The van der Waals surface area contributed by atoms with Crippen LogP contribution in [0.5, 0.6) is 0 Å². The molecule has 3 aromatic carbocycles.